The van der Waals surface area contributed by atoms with Crippen LogP contribution in [-0.2, 0) is 10.0 Å². The minimum atomic E-state index is -3.69. The second-order valence-corrected chi connectivity index (χ2v) is 8.91. The lowest BCUT2D eigenvalue weighted by molar-refractivity contribution is 0.384. The maximum Gasteiger partial charge on any atom is 0.243 e. The largest absolute Gasteiger partial charge is 0.496 e. The molecule has 2 heterocycles. The Bertz CT molecular complexity index is 1130. The van der Waals surface area contributed by atoms with E-state index in [1.54, 1.807) is 36.7 Å². The summed E-state index contributed by atoms with van der Waals surface area (Å²) in [5.41, 5.74) is 2.12. The number of sulfonamides is 1. The van der Waals surface area contributed by atoms with Gasteiger partial charge in [-0.05, 0) is 48.0 Å². The van der Waals surface area contributed by atoms with Gasteiger partial charge < -0.3 is 9.64 Å². The Kier molecular flexibility index (Phi) is 5.69. The van der Waals surface area contributed by atoms with E-state index < -0.39 is 15.8 Å². The predicted molar refractivity (Wildman–Crippen MR) is 114 cm³/mol. The summed E-state index contributed by atoms with van der Waals surface area (Å²) < 4.78 is 47.1. The molecule has 1 aromatic heterocycles. The molecule has 4 rings (SSSR count). The second-order valence-electron chi connectivity index (χ2n) is 6.97. The first-order valence-corrected chi connectivity index (χ1v) is 11.0. The molecule has 0 aliphatic carbocycles. The molecule has 0 amide bonds. The van der Waals surface area contributed by atoms with Crippen molar-refractivity contribution in [2.45, 2.75) is 4.90 Å². The summed E-state index contributed by atoms with van der Waals surface area (Å²) >= 11 is 0. The molecule has 1 fully saturated rings. The Balaban J connectivity index is 1.60. The van der Waals surface area contributed by atoms with Crippen LogP contribution in [0.5, 0.6) is 5.75 Å². The highest BCUT2D eigenvalue weighted by atomic mass is 32.2. The summed E-state index contributed by atoms with van der Waals surface area (Å²) in [5.74, 6) is 0.0945. The van der Waals surface area contributed by atoms with Crippen molar-refractivity contribution in [2.75, 3.05) is 38.2 Å². The summed E-state index contributed by atoms with van der Waals surface area (Å²) in [6.45, 7) is 1.95. The monoisotopic (exact) mass is 427 g/mol. The van der Waals surface area contributed by atoms with E-state index in [2.05, 4.69) is 9.88 Å². The zero-order chi connectivity index (χ0) is 21.1. The lowest BCUT2D eigenvalue weighted by Crippen LogP contribution is -2.48. The van der Waals surface area contributed by atoms with Crippen molar-refractivity contribution in [2.24, 2.45) is 0 Å². The van der Waals surface area contributed by atoms with Crippen LogP contribution in [0.4, 0.5) is 10.1 Å². The normalized spacial score (nSPS) is 15.2. The summed E-state index contributed by atoms with van der Waals surface area (Å²) in [5, 5.41) is 0. The number of hydrogen-bond donors (Lipinski definition) is 0. The van der Waals surface area contributed by atoms with E-state index in [-0.39, 0.29) is 4.90 Å². The fourth-order valence-electron chi connectivity index (χ4n) is 3.62. The smallest absolute Gasteiger partial charge is 0.243 e. The van der Waals surface area contributed by atoms with Crippen LogP contribution in [0, 0.1) is 5.82 Å². The third-order valence-electron chi connectivity index (χ3n) is 5.21. The van der Waals surface area contributed by atoms with E-state index in [9.17, 15) is 12.8 Å². The third kappa shape index (κ3) is 4.01. The first kappa shape index (κ1) is 20.3. The minimum Gasteiger partial charge on any atom is -0.496 e. The number of piperazine rings is 1. The van der Waals surface area contributed by atoms with Crippen LogP contribution in [0.25, 0.3) is 11.1 Å². The molecule has 6 nitrogen and oxygen atoms in total. The van der Waals surface area contributed by atoms with Gasteiger partial charge in [-0.3, -0.25) is 4.98 Å². The van der Waals surface area contributed by atoms with Crippen LogP contribution >= 0.6 is 0 Å². The van der Waals surface area contributed by atoms with E-state index in [0.717, 1.165) is 5.69 Å². The molecule has 0 radical (unpaired) electrons. The highest BCUT2D eigenvalue weighted by Crippen LogP contribution is 2.33. The SMILES string of the molecule is COc1ccc(S(=O)(=O)N2CCN(c3ccncc3)CC2)cc1-c1cccc(F)c1. The summed E-state index contributed by atoms with van der Waals surface area (Å²) in [6.07, 6.45) is 3.45. The van der Waals surface area contributed by atoms with Crippen LogP contribution in [0.15, 0.2) is 71.9 Å². The van der Waals surface area contributed by atoms with E-state index in [1.165, 1.54) is 29.6 Å². The van der Waals surface area contributed by atoms with Gasteiger partial charge in [-0.25, -0.2) is 12.8 Å². The molecule has 0 spiro atoms. The molecule has 1 aliphatic heterocycles. The molecular weight excluding hydrogens is 405 g/mol. The van der Waals surface area contributed by atoms with Gasteiger partial charge in [0, 0.05) is 49.8 Å². The topological polar surface area (TPSA) is 62.7 Å². The van der Waals surface area contributed by atoms with Gasteiger partial charge in [0.25, 0.3) is 0 Å². The molecule has 2 aromatic carbocycles. The van der Waals surface area contributed by atoms with Gasteiger partial charge in [-0.2, -0.15) is 4.31 Å². The molecule has 0 N–H and O–H groups in total. The number of anilines is 1. The molecule has 0 atom stereocenters. The average molecular weight is 428 g/mol. The van der Waals surface area contributed by atoms with Crippen molar-refractivity contribution in [3.05, 3.63) is 72.8 Å². The quantitative estimate of drug-likeness (QED) is 0.625. The zero-order valence-corrected chi connectivity index (χ0v) is 17.3. The van der Waals surface area contributed by atoms with Crippen LogP contribution < -0.4 is 9.64 Å². The Morgan fingerprint density at radius 3 is 2.37 bits per heavy atom. The van der Waals surface area contributed by atoms with Gasteiger partial charge in [0.2, 0.25) is 10.0 Å². The molecule has 30 heavy (non-hydrogen) atoms. The molecule has 1 aliphatic rings. The van der Waals surface area contributed by atoms with Gasteiger partial charge in [0.15, 0.2) is 0 Å². The van der Waals surface area contributed by atoms with Crippen LogP contribution in [0.2, 0.25) is 0 Å². The van der Waals surface area contributed by atoms with E-state index in [4.69, 9.17) is 4.74 Å². The number of aromatic nitrogens is 1. The summed E-state index contributed by atoms with van der Waals surface area (Å²) in [7, 11) is -2.18. The van der Waals surface area contributed by atoms with Crippen LogP contribution in [0.1, 0.15) is 0 Å². The van der Waals surface area contributed by atoms with E-state index >= 15 is 0 Å². The Morgan fingerprint density at radius 2 is 1.70 bits per heavy atom. The minimum absolute atomic E-state index is 0.167. The van der Waals surface area contributed by atoms with E-state index in [0.29, 0.717) is 43.1 Å². The van der Waals surface area contributed by atoms with Crippen molar-refractivity contribution in [3.8, 4) is 16.9 Å². The van der Waals surface area contributed by atoms with Gasteiger partial charge in [-0.1, -0.05) is 12.1 Å². The fraction of sp³-hybridized carbons (Fsp3) is 0.227. The number of nitrogens with zero attached hydrogens (tertiary/aromatic N) is 3. The molecule has 1 saturated heterocycles. The molecule has 8 heteroatoms. The Labute approximate surface area is 175 Å². The van der Waals surface area contributed by atoms with Crippen molar-refractivity contribution >= 4 is 15.7 Å². The lowest BCUT2D eigenvalue weighted by Gasteiger charge is -2.35. The number of methoxy groups -OCH3 is 1. The van der Waals surface area contributed by atoms with Crippen LogP contribution in [0.3, 0.4) is 0 Å². The molecule has 156 valence electrons. The number of pyridine rings is 1. The second kappa shape index (κ2) is 8.41. The van der Waals surface area contributed by atoms with Gasteiger partial charge in [0.05, 0.1) is 12.0 Å². The fourth-order valence-corrected chi connectivity index (χ4v) is 5.07. The number of ether oxygens (including phenoxy) is 1. The van der Waals surface area contributed by atoms with Gasteiger partial charge in [0.1, 0.15) is 11.6 Å². The first-order chi connectivity index (χ1) is 14.5. The lowest BCUT2D eigenvalue weighted by atomic mass is 10.0. The van der Waals surface area contributed by atoms with Crippen LogP contribution in [-0.4, -0.2) is 51.0 Å². The standard InChI is InChI=1S/C22H22FN3O3S/c1-29-22-6-5-20(16-21(22)17-3-2-4-18(23)15-17)30(27,28)26-13-11-25(12-14-26)19-7-9-24-10-8-19/h2-10,15-16H,11-14H2,1H3. The van der Waals surface area contributed by atoms with Crippen molar-refractivity contribution in [1.29, 1.82) is 0 Å². The number of rotatable bonds is 5. The summed E-state index contributed by atoms with van der Waals surface area (Å²) in [4.78, 5) is 6.33. The molecule has 0 unspecified atom stereocenters. The Morgan fingerprint density at radius 1 is 0.967 bits per heavy atom. The van der Waals surface area contributed by atoms with E-state index in [1.807, 2.05) is 12.1 Å². The van der Waals surface area contributed by atoms with Crippen molar-refractivity contribution < 1.29 is 17.5 Å². The molecule has 3 aromatic rings. The maximum absolute atomic E-state index is 13.7. The highest BCUT2D eigenvalue weighted by Gasteiger charge is 2.29. The summed E-state index contributed by atoms with van der Waals surface area (Å²) in [6, 6.07) is 14.6. The number of halogens is 1. The third-order valence-corrected chi connectivity index (χ3v) is 7.11. The zero-order valence-electron chi connectivity index (χ0n) is 16.5. The average Bonchev–Trinajstić information content (AvgIpc) is 2.79. The number of benzene rings is 2. The highest BCUT2D eigenvalue weighted by molar-refractivity contribution is 7.89. The van der Waals surface area contributed by atoms with Crippen molar-refractivity contribution in [1.82, 2.24) is 9.29 Å². The van der Waals surface area contributed by atoms with Gasteiger partial charge >= 0.3 is 0 Å². The van der Waals surface area contributed by atoms with Crippen molar-refractivity contribution in [3.63, 3.8) is 0 Å². The maximum atomic E-state index is 13.7. The first-order valence-electron chi connectivity index (χ1n) is 9.58. The molecule has 0 bridgehead atoms. The predicted octanol–water partition coefficient (Wildman–Crippen LogP) is 3.41. The molecule has 0 saturated carbocycles. The number of hydrogen-bond acceptors (Lipinski definition) is 5. The molecular formula is C22H22FN3O3S. The van der Waals surface area contributed by atoms with Gasteiger partial charge in [-0.15, -0.1) is 0 Å². The Hall–Kier alpha value is -2.97.